The highest BCUT2D eigenvalue weighted by molar-refractivity contribution is 7.93. The fourth-order valence-electron chi connectivity index (χ4n) is 2.47. The molecule has 0 saturated carbocycles. The quantitative estimate of drug-likeness (QED) is 0.465. The van der Waals surface area contributed by atoms with Crippen molar-refractivity contribution in [2.75, 3.05) is 4.31 Å². The van der Waals surface area contributed by atoms with Crippen LogP contribution in [-0.2, 0) is 10.0 Å². The van der Waals surface area contributed by atoms with E-state index < -0.39 is 14.9 Å². The highest BCUT2D eigenvalue weighted by atomic mass is 35.5. The molecule has 0 spiro atoms. The number of nitro groups is 1. The average Bonchev–Trinajstić information content (AvgIpc) is 2.63. The molecule has 0 fully saturated rings. The van der Waals surface area contributed by atoms with E-state index >= 15 is 0 Å². The summed E-state index contributed by atoms with van der Waals surface area (Å²) in [6.07, 6.45) is 0. The van der Waals surface area contributed by atoms with Crippen LogP contribution in [0.1, 0.15) is 0 Å². The number of hydrogen-bond donors (Lipinski definition) is 0. The Balaban J connectivity index is 2.27. The number of halogens is 1. The first-order valence-electron chi connectivity index (χ1n) is 7.50. The van der Waals surface area contributed by atoms with Crippen LogP contribution in [0.3, 0.4) is 0 Å². The maximum absolute atomic E-state index is 13.3. The molecule has 0 aliphatic carbocycles. The van der Waals surface area contributed by atoms with Gasteiger partial charge in [-0.3, -0.25) is 10.1 Å². The molecule has 26 heavy (non-hydrogen) atoms. The lowest BCUT2D eigenvalue weighted by Gasteiger charge is -2.24. The van der Waals surface area contributed by atoms with Crippen molar-refractivity contribution in [3.8, 4) is 0 Å². The zero-order valence-corrected chi connectivity index (χ0v) is 14.9. The molecule has 0 atom stereocenters. The maximum atomic E-state index is 13.3. The monoisotopic (exact) mass is 388 g/mol. The van der Waals surface area contributed by atoms with Crippen LogP contribution >= 0.6 is 11.6 Å². The topological polar surface area (TPSA) is 80.5 Å². The molecule has 6 nitrogen and oxygen atoms in total. The SMILES string of the molecule is O=[N+]([O-])c1ccccc1N(c1ccccc1)S(=O)(=O)c1ccc(Cl)cc1. The van der Waals surface area contributed by atoms with Crippen molar-refractivity contribution in [2.45, 2.75) is 4.90 Å². The van der Waals surface area contributed by atoms with Gasteiger partial charge >= 0.3 is 0 Å². The first kappa shape index (κ1) is 17.9. The predicted octanol–water partition coefficient (Wildman–Crippen LogP) is 4.78. The normalized spacial score (nSPS) is 11.1. The summed E-state index contributed by atoms with van der Waals surface area (Å²) in [6, 6.07) is 19.5. The molecule has 3 rings (SSSR count). The Kier molecular flexibility index (Phi) is 4.92. The highest BCUT2D eigenvalue weighted by Crippen LogP contribution is 2.38. The van der Waals surface area contributed by atoms with E-state index in [2.05, 4.69) is 0 Å². The molecule has 0 unspecified atom stereocenters. The van der Waals surface area contributed by atoms with Gasteiger partial charge < -0.3 is 0 Å². The van der Waals surface area contributed by atoms with Gasteiger partial charge in [0.1, 0.15) is 5.69 Å². The predicted molar refractivity (Wildman–Crippen MR) is 100 cm³/mol. The van der Waals surface area contributed by atoms with Gasteiger partial charge in [0.2, 0.25) is 0 Å². The lowest BCUT2D eigenvalue weighted by atomic mass is 10.2. The Labute approximate surface area is 155 Å². The van der Waals surface area contributed by atoms with Gasteiger partial charge in [-0.1, -0.05) is 41.9 Å². The first-order valence-corrected chi connectivity index (χ1v) is 9.32. The van der Waals surface area contributed by atoms with Gasteiger partial charge in [-0.2, -0.15) is 0 Å². The fourth-order valence-corrected chi connectivity index (χ4v) is 4.10. The van der Waals surface area contributed by atoms with Crippen LogP contribution in [-0.4, -0.2) is 13.3 Å². The van der Waals surface area contributed by atoms with Crippen molar-refractivity contribution in [3.05, 3.63) is 94.0 Å². The Morgan fingerprint density at radius 3 is 2.04 bits per heavy atom. The average molecular weight is 389 g/mol. The van der Waals surface area contributed by atoms with Gasteiger partial charge in [0.05, 0.1) is 15.5 Å². The van der Waals surface area contributed by atoms with E-state index in [1.54, 1.807) is 36.4 Å². The summed E-state index contributed by atoms with van der Waals surface area (Å²) in [6.45, 7) is 0. The fraction of sp³-hybridized carbons (Fsp3) is 0. The summed E-state index contributed by atoms with van der Waals surface area (Å²) in [5, 5.41) is 11.8. The van der Waals surface area contributed by atoms with E-state index in [0.717, 1.165) is 4.31 Å². The van der Waals surface area contributed by atoms with Crippen LogP contribution in [0.4, 0.5) is 17.1 Å². The van der Waals surface area contributed by atoms with E-state index in [-0.39, 0.29) is 22.0 Å². The van der Waals surface area contributed by atoms with Gasteiger partial charge in [0.15, 0.2) is 0 Å². The molecule has 0 bridgehead atoms. The number of anilines is 2. The van der Waals surface area contributed by atoms with Crippen molar-refractivity contribution < 1.29 is 13.3 Å². The van der Waals surface area contributed by atoms with E-state index in [9.17, 15) is 18.5 Å². The number of benzene rings is 3. The Morgan fingerprint density at radius 1 is 0.846 bits per heavy atom. The lowest BCUT2D eigenvalue weighted by Crippen LogP contribution is -2.27. The minimum absolute atomic E-state index is 0.0242. The second kappa shape index (κ2) is 7.15. The van der Waals surface area contributed by atoms with Crippen molar-refractivity contribution >= 4 is 38.7 Å². The van der Waals surface area contributed by atoms with Crippen LogP contribution in [0.25, 0.3) is 0 Å². The van der Waals surface area contributed by atoms with Crippen LogP contribution in [0.15, 0.2) is 83.8 Å². The molecule has 0 heterocycles. The third kappa shape index (κ3) is 3.40. The summed E-state index contributed by atoms with van der Waals surface area (Å²) in [7, 11) is -4.11. The van der Waals surface area contributed by atoms with E-state index in [1.807, 2.05) is 0 Å². The van der Waals surface area contributed by atoms with Gasteiger partial charge in [-0.05, 0) is 42.5 Å². The minimum atomic E-state index is -4.11. The number of rotatable bonds is 5. The molecule has 8 heteroatoms. The summed E-state index contributed by atoms with van der Waals surface area (Å²) >= 11 is 5.84. The van der Waals surface area contributed by atoms with Crippen LogP contribution in [0, 0.1) is 10.1 Å². The lowest BCUT2D eigenvalue weighted by molar-refractivity contribution is -0.384. The molecule has 0 amide bonds. The summed E-state index contributed by atoms with van der Waals surface area (Å²) < 4.78 is 27.5. The van der Waals surface area contributed by atoms with E-state index in [0.29, 0.717) is 5.02 Å². The smallest absolute Gasteiger partial charge is 0.258 e. The van der Waals surface area contributed by atoms with Gasteiger partial charge in [-0.25, -0.2) is 12.7 Å². The van der Waals surface area contributed by atoms with Crippen molar-refractivity contribution in [1.29, 1.82) is 0 Å². The second-order valence-electron chi connectivity index (χ2n) is 5.30. The molecule has 0 saturated heterocycles. The Morgan fingerprint density at radius 2 is 1.42 bits per heavy atom. The largest absolute Gasteiger partial charge is 0.293 e. The maximum Gasteiger partial charge on any atom is 0.293 e. The molecule has 0 aliphatic rings. The number of para-hydroxylation sites is 3. The third-order valence-electron chi connectivity index (χ3n) is 3.64. The number of sulfonamides is 1. The molecular formula is C18H13ClN2O4S. The highest BCUT2D eigenvalue weighted by Gasteiger charge is 2.31. The molecule has 3 aromatic rings. The number of nitro benzene ring substituents is 1. The van der Waals surface area contributed by atoms with Gasteiger partial charge in [-0.15, -0.1) is 0 Å². The number of hydrogen-bond acceptors (Lipinski definition) is 4. The molecule has 3 aromatic carbocycles. The van der Waals surface area contributed by atoms with Crippen molar-refractivity contribution in [2.24, 2.45) is 0 Å². The minimum Gasteiger partial charge on any atom is -0.258 e. The summed E-state index contributed by atoms with van der Waals surface area (Å²) in [5.74, 6) is 0. The number of nitrogens with zero attached hydrogens (tertiary/aromatic N) is 2. The Hall–Kier alpha value is -2.90. The van der Waals surface area contributed by atoms with E-state index in [1.165, 1.54) is 42.5 Å². The van der Waals surface area contributed by atoms with Gasteiger partial charge in [0.25, 0.3) is 15.7 Å². The molecule has 0 N–H and O–H groups in total. The van der Waals surface area contributed by atoms with Crippen LogP contribution in [0.5, 0.6) is 0 Å². The molecule has 0 aromatic heterocycles. The Bertz CT molecular complexity index is 1040. The zero-order valence-electron chi connectivity index (χ0n) is 13.3. The molecule has 0 radical (unpaired) electrons. The van der Waals surface area contributed by atoms with E-state index in [4.69, 9.17) is 11.6 Å². The summed E-state index contributed by atoms with van der Waals surface area (Å²) in [5.41, 5.74) is -0.0655. The molecule has 0 aliphatic heterocycles. The zero-order chi connectivity index (χ0) is 18.7. The van der Waals surface area contributed by atoms with Crippen molar-refractivity contribution in [3.63, 3.8) is 0 Å². The van der Waals surface area contributed by atoms with Crippen molar-refractivity contribution in [1.82, 2.24) is 0 Å². The summed E-state index contributed by atoms with van der Waals surface area (Å²) in [4.78, 5) is 10.8. The van der Waals surface area contributed by atoms with Crippen LogP contribution < -0.4 is 4.31 Å². The van der Waals surface area contributed by atoms with Crippen LogP contribution in [0.2, 0.25) is 5.02 Å². The second-order valence-corrected chi connectivity index (χ2v) is 7.53. The first-order chi connectivity index (χ1) is 12.4. The standard InChI is InChI=1S/C18H13ClN2O4S/c19-14-10-12-16(13-11-14)26(24,25)20(15-6-2-1-3-7-15)17-8-4-5-9-18(17)21(22)23/h1-13H. The molecular weight excluding hydrogens is 376 g/mol. The third-order valence-corrected chi connectivity index (χ3v) is 5.65. The molecule has 132 valence electrons. The van der Waals surface area contributed by atoms with Gasteiger partial charge in [0, 0.05) is 11.1 Å².